The molecule has 1 unspecified atom stereocenters. The van der Waals surface area contributed by atoms with E-state index in [1.807, 2.05) is 4.90 Å². The topological polar surface area (TPSA) is 55.6 Å². The third-order valence-electron chi connectivity index (χ3n) is 3.22. The summed E-state index contributed by atoms with van der Waals surface area (Å²) in [6, 6.07) is 0. The number of ether oxygens (including phenoxy) is 1. The lowest BCUT2D eigenvalue weighted by Gasteiger charge is -2.29. The summed E-state index contributed by atoms with van der Waals surface area (Å²) < 4.78 is 5.09. The van der Waals surface area contributed by atoms with Crippen molar-refractivity contribution in [2.45, 2.75) is 26.2 Å². The van der Waals surface area contributed by atoms with Crippen LogP contribution in [0.15, 0.2) is 11.6 Å². The van der Waals surface area contributed by atoms with Crippen molar-refractivity contribution in [3.63, 3.8) is 0 Å². The molecule has 98 valence electrons. The SMILES string of the molecule is CCCC(CN)C(=O)N1CC=C(COC)CC1. The number of hydrogen-bond acceptors (Lipinski definition) is 3. The number of carbonyl (C=O) groups excluding carboxylic acids is 1. The van der Waals surface area contributed by atoms with Gasteiger partial charge in [0.2, 0.25) is 5.91 Å². The van der Waals surface area contributed by atoms with Crippen LogP contribution in [0.3, 0.4) is 0 Å². The Morgan fingerprint density at radius 2 is 2.41 bits per heavy atom. The van der Waals surface area contributed by atoms with Gasteiger partial charge in [0.05, 0.1) is 12.5 Å². The first-order valence-electron chi connectivity index (χ1n) is 6.38. The van der Waals surface area contributed by atoms with Crippen LogP contribution < -0.4 is 5.73 Å². The van der Waals surface area contributed by atoms with Crippen LogP contribution in [0, 0.1) is 5.92 Å². The lowest BCUT2D eigenvalue weighted by Crippen LogP contribution is -2.41. The molecule has 0 saturated heterocycles. The Bertz CT molecular complexity index is 277. The van der Waals surface area contributed by atoms with Crippen molar-refractivity contribution < 1.29 is 9.53 Å². The van der Waals surface area contributed by atoms with Gasteiger partial charge >= 0.3 is 0 Å². The Balaban J connectivity index is 2.49. The van der Waals surface area contributed by atoms with Crippen LogP contribution in [0.2, 0.25) is 0 Å². The molecule has 0 aromatic heterocycles. The first kappa shape index (κ1) is 14.2. The summed E-state index contributed by atoms with van der Waals surface area (Å²) in [5.41, 5.74) is 6.95. The molecule has 4 nitrogen and oxygen atoms in total. The molecule has 0 fully saturated rings. The van der Waals surface area contributed by atoms with E-state index in [0.717, 1.165) is 25.8 Å². The Hall–Kier alpha value is -0.870. The molecule has 0 bridgehead atoms. The lowest BCUT2D eigenvalue weighted by molar-refractivity contribution is -0.135. The predicted molar refractivity (Wildman–Crippen MR) is 68.6 cm³/mol. The number of nitrogens with zero attached hydrogens (tertiary/aromatic N) is 1. The van der Waals surface area contributed by atoms with E-state index in [0.29, 0.717) is 19.7 Å². The van der Waals surface area contributed by atoms with Crippen molar-refractivity contribution >= 4 is 5.91 Å². The van der Waals surface area contributed by atoms with Crippen molar-refractivity contribution in [2.75, 3.05) is 33.4 Å². The summed E-state index contributed by atoms with van der Waals surface area (Å²) in [7, 11) is 1.70. The molecule has 1 heterocycles. The van der Waals surface area contributed by atoms with E-state index in [-0.39, 0.29) is 11.8 Å². The fraction of sp³-hybridized carbons (Fsp3) is 0.769. The standard InChI is InChI=1S/C13H24N2O2/c1-3-4-12(9-14)13(16)15-7-5-11(6-8-15)10-17-2/h5,12H,3-4,6-10,14H2,1-2H3. The second-order valence-corrected chi connectivity index (χ2v) is 4.55. The van der Waals surface area contributed by atoms with Crippen molar-refractivity contribution in [3.05, 3.63) is 11.6 Å². The first-order chi connectivity index (χ1) is 8.22. The third-order valence-corrected chi connectivity index (χ3v) is 3.22. The molecular weight excluding hydrogens is 216 g/mol. The highest BCUT2D eigenvalue weighted by Gasteiger charge is 2.23. The van der Waals surface area contributed by atoms with Crippen LogP contribution in [0.1, 0.15) is 26.2 Å². The molecule has 0 aromatic carbocycles. The molecule has 0 aromatic rings. The maximum Gasteiger partial charge on any atom is 0.227 e. The van der Waals surface area contributed by atoms with Gasteiger partial charge in [-0.1, -0.05) is 19.4 Å². The Morgan fingerprint density at radius 3 is 2.88 bits per heavy atom. The first-order valence-corrected chi connectivity index (χ1v) is 6.38. The van der Waals surface area contributed by atoms with Gasteiger partial charge < -0.3 is 15.4 Å². The van der Waals surface area contributed by atoms with Crippen molar-refractivity contribution in [3.8, 4) is 0 Å². The highest BCUT2D eigenvalue weighted by atomic mass is 16.5. The highest BCUT2D eigenvalue weighted by molar-refractivity contribution is 5.79. The molecule has 1 rings (SSSR count). The van der Waals surface area contributed by atoms with Gasteiger partial charge in [-0.15, -0.1) is 0 Å². The Labute approximate surface area is 104 Å². The van der Waals surface area contributed by atoms with E-state index < -0.39 is 0 Å². The summed E-state index contributed by atoms with van der Waals surface area (Å²) in [5.74, 6) is 0.208. The van der Waals surface area contributed by atoms with Gasteiger partial charge in [-0.3, -0.25) is 4.79 Å². The molecule has 0 aliphatic carbocycles. The van der Waals surface area contributed by atoms with Gasteiger partial charge in [0.1, 0.15) is 0 Å². The molecule has 0 radical (unpaired) electrons. The minimum atomic E-state index is -0.00243. The zero-order chi connectivity index (χ0) is 12.7. The fourth-order valence-corrected chi connectivity index (χ4v) is 2.18. The summed E-state index contributed by atoms with van der Waals surface area (Å²) in [6.45, 7) is 4.73. The molecule has 2 N–H and O–H groups in total. The van der Waals surface area contributed by atoms with Gasteiger partial charge in [0, 0.05) is 26.7 Å². The van der Waals surface area contributed by atoms with Gasteiger partial charge in [-0.05, 0) is 18.4 Å². The minimum Gasteiger partial charge on any atom is -0.380 e. The summed E-state index contributed by atoms with van der Waals surface area (Å²) in [4.78, 5) is 14.1. The number of methoxy groups -OCH3 is 1. The molecular formula is C13H24N2O2. The van der Waals surface area contributed by atoms with Crippen LogP contribution in [0.4, 0.5) is 0 Å². The van der Waals surface area contributed by atoms with Crippen LogP contribution in [0.5, 0.6) is 0 Å². The second-order valence-electron chi connectivity index (χ2n) is 4.55. The van der Waals surface area contributed by atoms with Crippen molar-refractivity contribution in [1.82, 2.24) is 4.90 Å². The normalized spacial score (nSPS) is 17.8. The zero-order valence-corrected chi connectivity index (χ0v) is 10.9. The average Bonchev–Trinajstić information content (AvgIpc) is 2.36. The average molecular weight is 240 g/mol. The summed E-state index contributed by atoms with van der Waals surface area (Å²) in [6.07, 6.45) is 4.92. The zero-order valence-electron chi connectivity index (χ0n) is 10.9. The monoisotopic (exact) mass is 240 g/mol. The lowest BCUT2D eigenvalue weighted by atomic mass is 10.0. The maximum atomic E-state index is 12.2. The quantitative estimate of drug-likeness (QED) is 0.709. The van der Waals surface area contributed by atoms with E-state index in [1.54, 1.807) is 7.11 Å². The molecule has 4 heteroatoms. The van der Waals surface area contributed by atoms with E-state index in [4.69, 9.17) is 10.5 Å². The molecule has 1 aliphatic heterocycles. The van der Waals surface area contributed by atoms with E-state index in [1.165, 1.54) is 5.57 Å². The van der Waals surface area contributed by atoms with Gasteiger partial charge in [-0.25, -0.2) is 0 Å². The third kappa shape index (κ3) is 4.13. The van der Waals surface area contributed by atoms with Crippen LogP contribution in [-0.4, -0.2) is 44.2 Å². The van der Waals surface area contributed by atoms with Gasteiger partial charge in [0.25, 0.3) is 0 Å². The minimum absolute atomic E-state index is 0.00243. The summed E-state index contributed by atoms with van der Waals surface area (Å²) in [5, 5.41) is 0. The Kier molecular flexibility index (Phi) is 6.22. The molecule has 0 spiro atoms. The summed E-state index contributed by atoms with van der Waals surface area (Å²) >= 11 is 0. The van der Waals surface area contributed by atoms with E-state index in [9.17, 15) is 4.79 Å². The van der Waals surface area contributed by atoms with Crippen LogP contribution in [0.25, 0.3) is 0 Å². The number of rotatable bonds is 6. The largest absolute Gasteiger partial charge is 0.380 e. The molecule has 1 amide bonds. The van der Waals surface area contributed by atoms with E-state index in [2.05, 4.69) is 13.0 Å². The molecule has 1 atom stereocenters. The predicted octanol–water partition coefficient (Wildman–Crippen LogP) is 1.17. The van der Waals surface area contributed by atoms with Gasteiger partial charge in [0.15, 0.2) is 0 Å². The molecule has 1 aliphatic rings. The molecule has 0 saturated carbocycles. The number of carbonyl (C=O) groups is 1. The van der Waals surface area contributed by atoms with Gasteiger partial charge in [-0.2, -0.15) is 0 Å². The van der Waals surface area contributed by atoms with Crippen molar-refractivity contribution in [2.24, 2.45) is 11.7 Å². The number of hydrogen-bond donors (Lipinski definition) is 1. The maximum absolute atomic E-state index is 12.2. The smallest absolute Gasteiger partial charge is 0.227 e. The van der Waals surface area contributed by atoms with Crippen LogP contribution >= 0.6 is 0 Å². The molecule has 17 heavy (non-hydrogen) atoms. The highest BCUT2D eigenvalue weighted by Crippen LogP contribution is 2.15. The van der Waals surface area contributed by atoms with E-state index >= 15 is 0 Å². The second kappa shape index (κ2) is 7.45. The van der Waals surface area contributed by atoms with Crippen LogP contribution in [-0.2, 0) is 9.53 Å². The number of amides is 1. The fourth-order valence-electron chi connectivity index (χ4n) is 2.18. The van der Waals surface area contributed by atoms with Crippen molar-refractivity contribution in [1.29, 1.82) is 0 Å². The Morgan fingerprint density at radius 1 is 1.65 bits per heavy atom. The number of nitrogens with two attached hydrogens (primary N) is 1.